The number of aromatic nitrogens is 1. The number of rotatable bonds is 5. The Bertz CT molecular complexity index is 1010. The fraction of sp³-hybridized carbons (Fsp3) is 0.0500. The highest BCUT2D eigenvalue weighted by Gasteiger charge is 2.09. The first-order valence-corrected chi connectivity index (χ1v) is 8.40. The maximum absolute atomic E-state index is 13.2. The molecule has 7 heteroatoms. The Labute approximate surface area is 160 Å². The van der Waals surface area contributed by atoms with Crippen molar-refractivity contribution in [3.8, 4) is 0 Å². The van der Waals surface area contributed by atoms with E-state index in [1.165, 1.54) is 31.3 Å². The van der Waals surface area contributed by atoms with Crippen LogP contribution in [0.2, 0.25) is 5.02 Å². The number of Topliss-reactive ketones (excluding diaryl/α,β-unsaturated/α-hetero) is 1. The van der Waals surface area contributed by atoms with Gasteiger partial charge in [-0.3, -0.25) is 9.59 Å². The summed E-state index contributed by atoms with van der Waals surface area (Å²) in [4.78, 5) is 27.9. The normalized spacial score (nSPS) is 10.3. The van der Waals surface area contributed by atoms with Gasteiger partial charge in [0, 0.05) is 23.1 Å². The first kappa shape index (κ1) is 18.5. The number of carbonyl (C=O) groups is 2. The largest absolute Gasteiger partial charge is 0.340 e. The van der Waals surface area contributed by atoms with Crippen LogP contribution in [0.15, 0.2) is 60.8 Å². The maximum Gasteiger partial charge on any atom is 0.257 e. The molecule has 0 aliphatic carbocycles. The van der Waals surface area contributed by atoms with E-state index in [0.29, 0.717) is 28.3 Å². The number of halogens is 2. The van der Waals surface area contributed by atoms with E-state index in [4.69, 9.17) is 11.6 Å². The van der Waals surface area contributed by atoms with Crippen molar-refractivity contribution in [2.24, 2.45) is 0 Å². The number of nitrogens with zero attached hydrogens (tertiary/aromatic N) is 1. The summed E-state index contributed by atoms with van der Waals surface area (Å²) >= 11 is 5.75. The minimum Gasteiger partial charge on any atom is -0.340 e. The third-order valence-electron chi connectivity index (χ3n) is 3.74. The number of ketones is 1. The standard InChI is InChI=1S/C20H15ClFN3O2/c1-12(26)13-3-2-4-15(9-13)25-20(27)14-5-8-19(23-11-14)24-16-6-7-18(22)17(21)10-16/h2-11H,1H3,(H,23,24)(H,25,27). The second-order valence-electron chi connectivity index (χ2n) is 5.78. The van der Waals surface area contributed by atoms with Crippen LogP contribution < -0.4 is 10.6 Å². The van der Waals surface area contributed by atoms with Crippen molar-refractivity contribution < 1.29 is 14.0 Å². The average molecular weight is 384 g/mol. The molecule has 1 amide bonds. The van der Waals surface area contributed by atoms with Crippen molar-refractivity contribution in [3.63, 3.8) is 0 Å². The highest BCUT2D eigenvalue weighted by Crippen LogP contribution is 2.22. The summed E-state index contributed by atoms with van der Waals surface area (Å²) in [6.07, 6.45) is 1.41. The number of nitrogens with one attached hydrogen (secondary N) is 2. The maximum atomic E-state index is 13.2. The number of amides is 1. The zero-order chi connectivity index (χ0) is 19.4. The van der Waals surface area contributed by atoms with Gasteiger partial charge in [-0.05, 0) is 49.4 Å². The topological polar surface area (TPSA) is 71.1 Å². The lowest BCUT2D eigenvalue weighted by molar-refractivity contribution is 0.101. The molecule has 136 valence electrons. The molecule has 0 bridgehead atoms. The van der Waals surface area contributed by atoms with E-state index in [-0.39, 0.29) is 16.7 Å². The van der Waals surface area contributed by atoms with Gasteiger partial charge in [0.05, 0.1) is 10.6 Å². The van der Waals surface area contributed by atoms with E-state index in [2.05, 4.69) is 15.6 Å². The van der Waals surface area contributed by atoms with Crippen molar-refractivity contribution in [2.75, 3.05) is 10.6 Å². The molecule has 2 N–H and O–H groups in total. The number of pyridine rings is 1. The molecule has 0 spiro atoms. The summed E-state index contributed by atoms with van der Waals surface area (Å²) in [5, 5.41) is 5.71. The molecule has 1 heterocycles. The second-order valence-corrected chi connectivity index (χ2v) is 6.18. The molecular weight excluding hydrogens is 369 g/mol. The fourth-order valence-electron chi connectivity index (χ4n) is 2.34. The summed E-state index contributed by atoms with van der Waals surface area (Å²) in [7, 11) is 0. The molecule has 0 unspecified atom stereocenters. The van der Waals surface area contributed by atoms with Crippen LogP contribution in [0, 0.1) is 5.82 Å². The number of anilines is 3. The Morgan fingerprint density at radius 3 is 2.48 bits per heavy atom. The molecule has 0 atom stereocenters. The highest BCUT2D eigenvalue weighted by molar-refractivity contribution is 6.31. The molecule has 0 saturated carbocycles. The van der Waals surface area contributed by atoms with Gasteiger partial charge in [0.2, 0.25) is 0 Å². The smallest absolute Gasteiger partial charge is 0.257 e. The van der Waals surface area contributed by atoms with Crippen LogP contribution in [0.4, 0.5) is 21.6 Å². The van der Waals surface area contributed by atoms with Gasteiger partial charge >= 0.3 is 0 Å². The molecule has 0 radical (unpaired) electrons. The first-order valence-electron chi connectivity index (χ1n) is 8.03. The van der Waals surface area contributed by atoms with Crippen molar-refractivity contribution in [3.05, 3.63) is 82.8 Å². The summed E-state index contributed by atoms with van der Waals surface area (Å²) in [6, 6.07) is 14.2. The van der Waals surface area contributed by atoms with E-state index in [1.54, 1.807) is 36.4 Å². The predicted octanol–water partition coefficient (Wildman–Crippen LogP) is 5.07. The van der Waals surface area contributed by atoms with Gasteiger partial charge in [-0.25, -0.2) is 9.37 Å². The zero-order valence-electron chi connectivity index (χ0n) is 14.3. The first-order chi connectivity index (χ1) is 12.9. The van der Waals surface area contributed by atoms with Gasteiger partial charge in [-0.15, -0.1) is 0 Å². The lowest BCUT2D eigenvalue weighted by Crippen LogP contribution is -2.12. The molecule has 3 aromatic rings. The Balaban J connectivity index is 1.69. The van der Waals surface area contributed by atoms with E-state index in [0.717, 1.165) is 0 Å². The number of hydrogen-bond acceptors (Lipinski definition) is 4. The van der Waals surface area contributed by atoms with Crippen molar-refractivity contribution in [2.45, 2.75) is 6.92 Å². The summed E-state index contributed by atoms with van der Waals surface area (Å²) in [6.45, 7) is 1.46. The molecule has 0 aliphatic rings. The van der Waals surface area contributed by atoms with Crippen LogP contribution in [0.3, 0.4) is 0 Å². The van der Waals surface area contributed by atoms with Crippen LogP contribution in [-0.2, 0) is 0 Å². The van der Waals surface area contributed by atoms with Crippen LogP contribution in [-0.4, -0.2) is 16.7 Å². The average Bonchev–Trinajstić information content (AvgIpc) is 2.65. The number of carbonyl (C=O) groups excluding carboxylic acids is 2. The minimum atomic E-state index is -0.504. The molecule has 0 saturated heterocycles. The molecule has 5 nitrogen and oxygen atoms in total. The Morgan fingerprint density at radius 2 is 1.81 bits per heavy atom. The fourth-order valence-corrected chi connectivity index (χ4v) is 2.52. The monoisotopic (exact) mass is 383 g/mol. The van der Waals surface area contributed by atoms with Gasteiger partial charge in [-0.2, -0.15) is 0 Å². The zero-order valence-corrected chi connectivity index (χ0v) is 15.0. The lowest BCUT2D eigenvalue weighted by Gasteiger charge is -2.08. The molecule has 0 fully saturated rings. The Morgan fingerprint density at radius 1 is 1.00 bits per heavy atom. The predicted molar refractivity (Wildman–Crippen MR) is 103 cm³/mol. The van der Waals surface area contributed by atoms with Crippen molar-refractivity contribution in [1.29, 1.82) is 0 Å². The quantitative estimate of drug-likeness (QED) is 0.603. The highest BCUT2D eigenvalue weighted by atomic mass is 35.5. The number of hydrogen-bond donors (Lipinski definition) is 2. The Hall–Kier alpha value is -3.25. The molecule has 0 aliphatic heterocycles. The van der Waals surface area contributed by atoms with Crippen LogP contribution in [0.25, 0.3) is 0 Å². The van der Waals surface area contributed by atoms with Gasteiger partial charge < -0.3 is 10.6 Å². The van der Waals surface area contributed by atoms with E-state index >= 15 is 0 Å². The van der Waals surface area contributed by atoms with Crippen molar-refractivity contribution in [1.82, 2.24) is 4.98 Å². The van der Waals surface area contributed by atoms with Gasteiger partial charge in [-0.1, -0.05) is 23.7 Å². The molecule has 2 aromatic carbocycles. The molecule has 3 rings (SSSR count). The molecular formula is C20H15ClFN3O2. The summed E-state index contributed by atoms with van der Waals surface area (Å²) in [5.74, 6) is -0.451. The summed E-state index contributed by atoms with van der Waals surface area (Å²) in [5.41, 5.74) is 1.97. The SMILES string of the molecule is CC(=O)c1cccc(NC(=O)c2ccc(Nc3ccc(F)c(Cl)c3)nc2)c1. The van der Waals surface area contributed by atoms with Crippen LogP contribution in [0.1, 0.15) is 27.6 Å². The summed E-state index contributed by atoms with van der Waals surface area (Å²) < 4.78 is 13.2. The third kappa shape index (κ3) is 4.68. The minimum absolute atomic E-state index is 0.00351. The Kier molecular flexibility index (Phi) is 5.47. The molecule has 27 heavy (non-hydrogen) atoms. The van der Waals surface area contributed by atoms with E-state index < -0.39 is 5.82 Å². The molecule has 1 aromatic heterocycles. The number of benzene rings is 2. The van der Waals surface area contributed by atoms with Crippen LogP contribution >= 0.6 is 11.6 Å². The van der Waals surface area contributed by atoms with E-state index in [9.17, 15) is 14.0 Å². The van der Waals surface area contributed by atoms with Gasteiger partial charge in [0.15, 0.2) is 5.78 Å². The third-order valence-corrected chi connectivity index (χ3v) is 4.03. The van der Waals surface area contributed by atoms with Crippen molar-refractivity contribution >= 4 is 40.5 Å². The lowest BCUT2D eigenvalue weighted by atomic mass is 10.1. The second kappa shape index (κ2) is 7.97. The van der Waals surface area contributed by atoms with Crippen LogP contribution in [0.5, 0.6) is 0 Å². The van der Waals surface area contributed by atoms with Gasteiger partial charge in [0.25, 0.3) is 5.91 Å². The van der Waals surface area contributed by atoms with Gasteiger partial charge in [0.1, 0.15) is 11.6 Å². The van der Waals surface area contributed by atoms with E-state index in [1.807, 2.05) is 0 Å².